The van der Waals surface area contributed by atoms with E-state index in [1.54, 1.807) is 16.2 Å². The summed E-state index contributed by atoms with van der Waals surface area (Å²) in [6.07, 6.45) is 4.02. The standard InChI is InChI=1S/C16H18N8O2S/c25-14(8-12-2-7-27-10-12)22-3-1-4-23(6-5-22)16(26)13-9-17-19-15(13)24-11-18-20-21-24/h2,7,9-11H,1,3-6,8H2,(H,17,19). The number of hydrogen-bond acceptors (Lipinski definition) is 7. The number of rotatable bonds is 4. The van der Waals surface area contributed by atoms with Crippen LogP contribution in [0.4, 0.5) is 0 Å². The van der Waals surface area contributed by atoms with Crippen LogP contribution in [-0.2, 0) is 11.2 Å². The highest BCUT2D eigenvalue weighted by atomic mass is 32.1. The van der Waals surface area contributed by atoms with E-state index in [1.807, 2.05) is 21.7 Å². The van der Waals surface area contributed by atoms with Crippen LogP contribution in [0.15, 0.2) is 29.4 Å². The lowest BCUT2D eigenvalue weighted by molar-refractivity contribution is -0.130. The Morgan fingerprint density at radius 3 is 2.81 bits per heavy atom. The van der Waals surface area contributed by atoms with Gasteiger partial charge in [0.2, 0.25) is 5.91 Å². The van der Waals surface area contributed by atoms with Crippen LogP contribution >= 0.6 is 11.3 Å². The number of H-pyrrole nitrogens is 1. The molecule has 1 fully saturated rings. The summed E-state index contributed by atoms with van der Waals surface area (Å²) in [6, 6.07) is 1.97. The van der Waals surface area contributed by atoms with Gasteiger partial charge in [-0.3, -0.25) is 14.7 Å². The van der Waals surface area contributed by atoms with E-state index in [2.05, 4.69) is 25.7 Å². The first-order chi connectivity index (χ1) is 13.2. The van der Waals surface area contributed by atoms with Gasteiger partial charge >= 0.3 is 0 Å². The quantitative estimate of drug-likeness (QED) is 0.693. The van der Waals surface area contributed by atoms with Gasteiger partial charge in [-0.25, -0.2) is 0 Å². The molecule has 0 spiro atoms. The highest BCUT2D eigenvalue weighted by Crippen LogP contribution is 2.15. The average Bonchev–Trinajstić information content (AvgIpc) is 3.40. The first kappa shape index (κ1) is 17.3. The molecule has 1 aliphatic rings. The summed E-state index contributed by atoms with van der Waals surface area (Å²) in [5.41, 5.74) is 1.44. The minimum Gasteiger partial charge on any atom is -0.341 e. The molecule has 0 aromatic carbocycles. The molecule has 4 rings (SSSR count). The average molecular weight is 386 g/mol. The Hall–Kier alpha value is -3.08. The Morgan fingerprint density at radius 2 is 2.04 bits per heavy atom. The molecule has 0 atom stereocenters. The number of nitrogens with zero attached hydrogens (tertiary/aromatic N) is 7. The molecule has 3 aromatic rings. The van der Waals surface area contributed by atoms with Gasteiger partial charge in [0.1, 0.15) is 11.9 Å². The first-order valence-corrected chi connectivity index (χ1v) is 9.51. The third kappa shape index (κ3) is 3.72. The number of thiophene rings is 1. The van der Waals surface area contributed by atoms with Crippen molar-refractivity contribution in [2.24, 2.45) is 0 Å². The van der Waals surface area contributed by atoms with Gasteiger partial charge in [0.15, 0.2) is 5.82 Å². The van der Waals surface area contributed by atoms with Crippen molar-refractivity contribution in [1.29, 1.82) is 0 Å². The molecule has 3 aromatic heterocycles. The van der Waals surface area contributed by atoms with Crippen molar-refractivity contribution in [1.82, 2.24) is 40.2 Å². The number of carbonyl (C=O) groups excluding carboxylic acids is 2. The van der Waals surface area contributed by atoms with E-state index < -0.39 is 0 Å². The fourth-order valence-corrected chi connectivity index (χ4v) is 3.76. The molecule has 1 saturated heterocycles. The summed E-state index contributed by atoms with van der Waals surface area (Å²) < 4.78 is 1.37. The summed E-state index contributed by atoms with van der Waals surface area (Å²) >= 11 is 1.59. The van der Waals surface area contributed by atoms with Gasteiger partial charge < -0.3 is 9.80 Å². The van der Waals surface area contributed by atoms with Crippen molar-refractivity contribution in [3.8, 4) is 5.82 Å². The fourth-order valence-electron chi connectivity index (χ4n) is 3.09. The minimum atomic E-state index is -0.151. The smallest absolute Gasteiger partial charge is 0.259 e. The molecule has 0 bridgehead atoms. The summed E-state index contributed by atoms with van der Waals surface area (Å²) in [5, 5.41) is 21.6. The molecule has 0 aliphatic carbocycles. The van der Waals surface area contributed by atoms with Gasteiger partial charge in [0, 0.05) is 26.2 Å². The van der Waals surface area contributed by atoms with Crippen molar-refractivity contribution in [2.45, 2.75) is 12.8 Å². The number of nitrogens with one attached hydrogen (secondary N) is 1. The second-order valence-corrected chi connectivity index (χ2v) is 7.00. The molecular formula is C16H18N8O2S. The number of amides is 2. The SMILES string of the molecule is O=C(Cc1ccsc1)N1CCCN(C(=O)c2cn[nH]c2-n2cnnn2)CC1. The Bertz CT molecular complexity index is 905. The monoisotopic (exact) mass is 386 g/mol. The van der Waals surface area contributed by atoms with Crippen LogP contribution < -0.4 is 0 Å². The molecule has 0 radical (unpaired) electrons. The Balaban J connectivity index is 1.42. The van der Waals surface area contributed by atoms with Crippen molar-refractivity contribution >= 4 is 23.2 Å². The van der Waals surface area contributed by atoms with Gasteiger partial charge in [-0.05, 0) is 39.2 Å². The van der Waals surface area contributed by atoms with Crippen LogP contribution in [0.2, 0.25) is 0 Å². The van der Waals surface area contributed by atoms with Crippen molar-refractivity contribution in [3.63, 3.8) is 0 Å². The molecule has 10 nitrogen and oxygen atoms in total. The van der Waals surface area contributed by atoms with Crippen LogP contribution in [0.1, 0.15) is 22.3 Å². The maximum Gasteiger partial charge on any atom is 0.259 e. The van der Waals surface area contributed by atoms with Gasteiger partial charge in [0.05, 0.1) is 12.6 Å². The van der Waals surface area contributed by atoms with Crippen LogP contribution in [0.25, 0.3) is 5.82 Å². The number of carbonyl (C=O) groups is 2. The number of hydrogen-bond donors (Lipinski definition) is 1. The Morgan fingerprint density at radius 1 is 1.19 bits per heavy atom. The normalized spacial score (nSPS) is 15.0. The molecular weight excluding hydrogens is 368 g/mol. The topological polar surface area (TPSA) is 113 Å². The van der Waals surface area contributed by atoms with E-state index in [9.17, 15) is 9.59 Å². The van der Waals surface area contributed by atoms with Crippen molar-refractivity contribution in [3.05, 3.63) is 40.5 Å². The number of aromatic nitrogens is 6. The molecule has 0 unspecified atom stereocenters. The largest absolute Gasteiger partial charge is 0.341 e. The van der Waals surface area contributed by atoms with Crippen molar-refractivity contribution in [2.75, 3.05) is 26.2 Å². The molecule has 140 valence electrons. The van der Waals surface area contributed by atoms with Gasteiger partial charge in [0.25, 0.3) is 5.91 Å². The van der Waals surface area contributed by atoms with E-state index in [0.717, 1.165) is 12.0 Å². The molecule has 1 N–H and O–H groups in total. The predicted molar refractivity (Wildman–Crippen MR) is 96.4 cm³/mol. The van der Waals surface area contributed by atoms with E-state index in [0.29, 0.717) is 44.0 Å². The second kappa shape index (κ2) is 7.66. The molecule has 27 heavy (non-hydrogen) atoms. The summed E-state index contributed by atoms with van der Waals surface area (Å²) in [4.78, 5) is 29.0. The number of aromatic amines is 1. The zero-order chi connectivity index (χ0) is 18.6. The van der Waals surface area contributed by atoms with Gasteiger partial charge in [-0.15, -0.1) is 5.10 Å². The van der Waals surface area contributed by atoms with E-state index in [4.69, 9.17) is 0 Å². The summed E-state index contributed by atoms with van der Waals surface area (Å²) in [5.74, 6) is 0.376. The van der Waals surface area contributed by atoms with E-state index >= 15 is 0 Å². The van der Waals surface area contributed by atoms with Gasteiger partial charge in [-0.1, -0.05) is 0 Å². The lowest BCUT2D eigenvalue weighted by Crippen LogP contribution is -2.38. The maximum atomic E-state index is 12.9. The third-order valence-electron chi connectivity index (χ3n) is 4.50. The lowest BCUT2D eigenvalue weighted by atomic mass is 10.2. The molecule has 1 aliphatic heterocycles. The zero-order valence-electron chi connectivity index (χ0n) is 14.5. The molecule has 4 heterocycles. The second-order valence-electron chi connectivity index (χ2n) is 6.22. The highest BCUT2D eigenvalue weighted by Gasteiger charge is 2.26. The van der Waals surface area contributed by atoms with E-state index in [-0.39, 0.29) is 11.8 Å². The van der Waals surface area contributed by atoms with Crippen LogP contribution in [0.3, 0.4) is 0 Å². The lowest BCUT2D eigenvalue weighted by Gasteiger charge is -2.22. The highest BCUT2D eigenvalue weighted by molar-refractivity contribution is 7.08. The molecule has 2 amide bonds. The molecule has 11 heteroatoms. The van der Waals surface area contributed by atoms with Crippen LogP contribution in [-0.4, -0.2) is 78.2 Å². The molecule has 0 saturated carbocycles. The minimum absolute atomic E-state index is 0.0976. The predicted octanol–water partition coefficient (Wildman–Crippen LogP) is 0.364. The zero-order valence-corrected chi connectivity index (χ0v) is 15.3. The summed E-state index contributed by atoms with van der Waals surface area (Å²) in [7, 11) is 0. The number of tetrazole rings is 1. The third-order valence-corrected chi connectivity index (χ3v) is 5.23. The first-order valence-electron chi connectivity index (χ1n) is 8.57. The Labute approximate surface area is 158 Å². The van der Waals surface area contributed by atoms with Crippen molar-refractivity contribution < 1.29 is 9.59 Å². The maximum absolute atomic E-state index is 12.9. The summed E-state index contributed by atoms with van der Waals surface area (Å²) in [6.45, 7) is 2.24. The van der Waals surface area contributed by atoms with E-state index in [1.165, 1.54) is 17.2 Å². The van der Waals surface area contributed by atoms with Crippen LogP contribution in [0, 0.1) is 0 Å². The van der Waals surface area contributed by atoms with Crippen LogP contribution in [0.5, 0.6) is 0 Å². The fraction of sp³-hybridized carbons (Fsp3) is 0.375. The Kier molecular flexibility index (Phi) is 4.92. The van der Waals surface area contributed by atoms with Gasteiger partial charge in [-0.2, -0.15) is 21.1 Å².